The molecule has 0 fully saturated rings. The quantitative estimate of drug-likeness (QED) is 0.609. The molecule has 6 nitrogen and oxygen atoms in total. The number of rotatable bonds is 8. The second-order valence-corrected chi connectivity index (χ2v) is 6.47. The molecule has 2 heterocycles. The largest absolute Gasteiger partial charge is 0.494 e. The minimum Gasteiger partial charge on any atom is -0.494 e. The molecule has 0 atom stereocenters. The number of benzene rings is 1. The topological polar surface area (TPSA) is 81.0 Å². The molecule has 1 N–H and O–H groups in total. The van der Waals surface area contributed by atoms with E-state index in [0.717, 1.165) is 23.5 Å². The Morgan fingerprint density at radius 3 is 2.88 bits per heavy atom. The van der Waals surface area contributed by atoms with Gasteiger partial charge in [0.2, 0.25) is 0 Å². The van der Waals surface area contributed by atoms with Crippen molar-refractivity contribution in [1.29, 1.82) is 0 Å². The number of hydrogen-bond donors (Lipinski definition) is 1. The Balaban J connectivity index is 1.75. The van der Waals surface area contributed by atoms with Crippen LogP contribution >= 0.6 is 11.8 Å². The lowest BCUT2D eigenvalue weighted by Gasteiger charge is -2.05. The standard InChI is InChI=1S/C18H19N3O3S/c1-3-9-23-14-6-4-5-13(10-14)15-7-8-16(24-15)17-19-18(21-20-17)25-11-12(2)22/h4-8,10H,3,9,11H2,1-2H3,(H,19,20,21). The summed E-state index contributed by atoms with van der Waals surface area (Å²) in [5.41, 5.74) is 0.936. The smallest absolute Gasteiger partial charge is 0.197 e. The maximum absolute atomic E-state index is 11.0. The van der Waals surface area contributed by atoms with Crippen LogP contribution in [0.5, 0.6) is 5.75 Å². The fraction of sp³-hybridized carbons (Fsp3) is 0.278. The van der Waals surface area contributed by atoms with Gasteiger partial charge >= 0.3 is 0 Å². The summed E-state index contributed by atoms with van der Waals surface area (Å²) in [4.78, 5) is 14.1. The highest BCUT2D eigenvalue weighted by atomic mass is 32.2. The molecule has 0 radical (unpaired) electrons. The lowest BCUT2D eigenvalue weighted by Crippen LogP contribution is -1.94. The Morgan fingerprint density at radius 1 is 1.24 bits per heavy atom. The molecule has 0 aliphatic rings. The predicted octanol–water partition coefficient (Wildman–Crippen LogP) is 4.20. The highest BCUT2D eigenvalue weighted by Gasteiger charge is 2.12. The third-order valence-electron chi connectivity index (χ3n) is 3.31. The number of carbonyl (C=O) groups excluding carboxylic acids is 1. The molecule has 0 spiro atoms. The van der Waals surface area contributed by atoms with Gasteiger partial charge in [0.1, 0.15) is 17.3 Å². The summed E-state index contributed by atoms with van der Waals surface area (Å²) in [5.74, 6) is 3.13. The Bertz CT molecular complexity index is 857. The number of carbonyl (C=O) groups is 1. The van der Waals surface area contributed by atoms with Crippen molar-refractivity contribution in [3.05, 3.63) is 36.4 Å². The van der Waals surface area contributed by atoms with Gasteiger partial charge in [-0.15, -0.1) is 10.2 Å². The van der Waals surface area contributed by atoms with Gasteiger partial charge in [0, 0.05) is 5.56 Å². The van der Waals surface area contributed by atoms with Crippen LogP contribution in [0.2, 0.25) is 0 Å². The lowest BCUT2D eigenvalue weighted by molar-refractivity contribution is -0.114. The van der Waals surface area contributed by atoms with Crippen LogP contribution in [0.1, 0.15) is 20.3 Å². The van der Waals surface area contributed by atoms with E-state index in [2.05, 4.69) is 22.1 Å². The molecule has 25 heavy (non-hydrogen) atoms. The van der Waals surface area contributed by atoms with E-state index in [-0.39, 0.29) is 5.78 Å². The molecule has 0 bridgehead atoms. The first-order valence-corrected chi connectivity index (χ1v) is 9.02. The number of Topliss-reactive ketones (excluding diaryl/α,β-unsaturated/α-hetero) is 1. The predicted molar refractivity (Wildman–Crippen MR) is 96.7 cm³/mol. The minimum atomic E-state index is 0.0911. The monoisotopic (exact) mass is 357 g/mol. The second kappa shape index (κ2) is 8.02. The average Bonchev–Trinajstić information content (AvgIpc) is 3.27. The number of aromatic nitrogens is 3. The first kappa shape index (κ1) is 17.3. The number of ketones is 1. The van der Waals surface area contributed by atoms with Gasteiger partial charge in [-0.25, -0.2) is 0 Å². The van der Waals surface area contributed by atoms with Crippen LogP contribution in [0.25, 0.3) is 22.9 Å². The van der Waals surface area contributed by atoms with E-state index in [9.17, 15) is 4.79 Å². The van der Waals surface area contributed by atoms with E-state index < -0.39 is 0 Å². The Hall–Kier alpha value is -2.54. The molecular weight excluding hydrogens is 338 g/mol. The Morgan fingerprint density at radius 2 is 2.08 bits per heavy atom. The number of ether oxygens (including phenoxy) is 1. The van der Waals surface area contributed by atoms with Crippen molar-refractivity contribution in [2.75, 3.05) is 12.4 Å². The molecule has 3 aromatic rings. The van der Waals surface area contributed by atoms with Gasteiger partial charge < -0.3 is 14.1 Å². The molecular formula is C18H19N3O3S. The van der Waals surface area contributed by atoms with Gasteiger partial charge in [-0.2, -0.15) is 0 Å². The molecule has 0 saturated heterocycles. The number of nitrogens with zero attached hydrogens (tertiary/aromatic N) is 2. The van der Waals surface area contributed by atoms with Crippen molar-refractivity contribution in [1.82, 2.24) is 15.2 Å². The normalized spacial score (nSPS) is 10.8. The van der Waals surface area contributed by atoms with Gasteiger partial charge in [0.15, 0.2) is 16.7 Å². The van der Waals surface area contributed by atoms with Crippen LogP contribution in [0.4, 0.5) is 0 Å². The highest BCUT2D eigenvalue weighted by Crippen LogP contribution is 2.29. The van der Waals surface area contributed by atoms with Crippen LogP contribution in [-0.2, 0) is 4.79 Å². The van der Waals surface area contributed by atoms with Crippen molar-refractivity contribution in [2.24, 2.45) is 0 Å². The number of furan rings is 1. The van der Waals surface area contributed by atoms with Crippen molar-refractivity contribution in [3.8, 4) is 28.7 Å². The zero-order valence-corrected chi connectivity index (χ0v) is 14.9. The molecule has 0 unspecified atom stereocenters. The summed E-state index contributed by atoms with van der Waals surface area (Å²) in [5, 5.41) is 8.69. The lowest BCUT2D eigenvalue weighted by atomic mass is 10.1. The minimum absolute atomic E-state index is 0.0911. The first-order chi connectivity index (χ1) is 12.2. The van der Waals surface area contributed by atoms with E-state index in [1.165, 1.54) is 11.8 Å². The van der Waals surface area contributed by atoms with E-state index >= 15 is 0 Å². The van der Waals surface area contributed by atoms with Crippen LogP contribution in [0, 0.1) is 0 Å². The van der Waals surface area contributed by atoms with Crippen LogP contribution in [0.15, 0.2) is 46.0 Å². The molecule has 3 rings (SSSR count). The molecule has 1 aromatic carbocycles. The molecule has 2 aromatic heterocycles. The summed E-state index contributed by atoms with van der Waals surface area (Å²) in [7, 11) is 0. The van der Waals surface area contributed by atoms with Crippen LogP contribution < -0.4 is 4.74 Å². The molecule has 130 valence electrons. The molecule has 7 heteroatoms. The first-order valence-electron chi connectivity index (χ1n) is 8.04. The molecule has 0 saturated carbocycles. The van der Waals surface area contributed by atoms with Crippen molar-refractivity contribution in [3.63, 3.8) is 0 Å². The van der Waals surface area contributed by atoms with Gasteiger partial charge in [-0.1, -0.05) is 30.8 Å². The van der Waals surface area contributed by atoms with E-state index in [1.807, 2.05) is 36.4 Å². The van der Waals surface area contributed by atoms with Gasteiger partial charge in [-0.05, 0) is 37.6 Å². The van der Waals surface area contributed by atoms with Crippen molar-refractivity contribution in [2.45, 2.75) is 25.4 Å². The van der Waals surface area contributed by atoms with E-state index in [1.54, 1.807) is 6.92 Å². The summed E-state index contributed by atoms with van der Waals surface area (Å²) >= 11 is 1.32. The Kier molecular flexibility index (Phi) is 5.55. The zero-order chi connectivity index (χ0) is 17.6. The third kappa shape index (κ3) is 4.51. The van der Waals surface area contributed by atoms with Crippen LogP contribution in [-0.4, -0.2) is 33.3 Å². The molecule has 0 aliphatic heterocycles. The van der Waals surface area contributed by atoms with Gasteiger partial charge in [-0.3, -0.25) is 4.79 Å². The van der Waals surface area contributed by atoms with Crippen LogP contribution in [0.3, 0.4) is 0 Å². The summed E-state index contributed by atoms with van der Waals surface area (Å²) in [6.07, 6.45) is 0.963. The number of H-pyrrole nitrogens is 1. The highest BCUT2D eigenvalue weighted by molar-refractivity contribution is 7.99. The maximum Gasteiger partial charge on any atom is 0.197 e. The van der Waals surface area contributed by atoms with Gasteiger partial charge in [0.05, 0.1) is 12.4 Å². The second-order valence-electron chi connectivity index (χ2n) is 5.51. The van der Waals surface area contributed by atoms with E-state index in [4.69, 9.17) is 9.15 Å². The fourth-order valence-corrected chi connectivity index (χ4v) is 2.78. The summed E-state index contributed by atoms with van der Waals surface area (Å²) < 4.78 is 11.5. The maximum atomic E-state index is 11.0. The SMILES string of the molecule is CCCOc1cccc(-c2ccc(-c3nnc(SCC(C)=O)[nH]3)o2)c1. The Labute approximate surface area is 150 Å². The molecule has 0 aliphatic carbocycles. The average molecular weight is 357 g/mol. The van der Waals surface area contributed by atoms with Crippen molar-refractivity contribution < 1.29 is 13.9 Å². The number of nitrogens with one attached hydrogen (secondary N) is 1. The third-order valence-corrected chi connectivity index (χ3v) is 4.32. The van der Waals surface area contributed by atoms with Gasteiger partial charge in [0.25, 0.3) is 0 Å². The van der Waals surface area contributed by atoms with Crippen molar-refractivity contribution >= 4 is 17.5 Å². The number of thioether (sulfide) groups is 1. The number of hydrogen-bond acceptors (Lipinski definition) is 6. The fourth-order valence-electron chi connectivity index (χ4n) is 2.17. The summed E-state index contributed by atoms with van der Waals surface area (Å²) in [6, 6.07) is 11.5. The molecule has 0 amide bonds. The number of aromatic amines is 1. The zero-order valence-electron chi connectivity index (χ0n) is 14.1. The van der Waals surface area contributed by atoms with E-state index in [0.29, 0.717) is 29.1 Å². The summed E-state index contributed by atoms with van der Waals surface area (Å²) in [6.45, 7) is 4.30.